The van der Waals surface area contributed by atoms with Crippen molar-refractivity contribution in [1.29, 1.82) is 5.41 Å². The maximum absolute atomic E-state index is 7.23. The van der Waals surface area contributed by atoms with Gasteiger partial charge in [-0.25, -0.2) is 0 Å². The fourth-order valence-corrected chi connectivity index (χ4v) is 2.18. The summed E-state index contributed by atoms with van der Waals surface area (Å²) in [5.41, 5.74) is 6.04. The van der Waals surface area contributed by atoms with Crippen molar-refractivity contribution in [2.75, 3.05) is 0 Å². The van der Waals surface area contributed by atoms with E-state index in [0.717, 1.165) is 8.95 Å². The van der Waals surface area contributed by atoms with Crippen LogP contribution in [-0.4, -0.2) is 5.84 Å². The van der Waals surface area contributed by atoms with Crippen molar-refractivity contribution in [2.45, 2.75) is 0 Å². The summed E-state index contributed by atoms with van der Waals surface area (Å²) < 4.78 is 1.67. The summed E-state index contributed by atoms with van der Waals surface area (Å²) in [7, 11) is 0. The van der Waals surface area contributed by atoms with Crippen molar-refractivity contribution in [3.8, 4) is 0 Å². The third kappa shape index (κ3) is 1.81. The first-order valence-corrected chi connectivity index (χ1v) is 4.50. The lowest BCUT2D eigenvalue weighted by Gasteiger charge is -2.03. The zero-order valence-corrected chi connectivity index (χ0v) is 8.74. The van der Waals surface area contributed by atoms with Crippen molar-refractivity contribution in [1.82, 2.24) is 0 Å². The van der Waals surface area contributed by atoms with E-state index in [2.05, 4.69) is 31.9 Å². The predicted octanol–water partition coefficient (Wildman–Crippen LogP) is 2.50. The molecule has 58 valence electrons. The normalized spacial score (nSPS) is 9.64. The van der Waals surface area contributed by atoms with Crippen molar-refractivity contribution in [2.24, 2.45) is 5.73 Å². The molecule has 0 heterocycles. The average Bonchev–Trinajstić information content (AvgIpc) is 1.85. The number of nitrogens with two attached hydrogens (primary N) is 1. The molecule has 0 fully saturated rings. The largest absolute Gasteiger partial charge is 0.384 e. The summed E-state index contributed by atoms with van der Waals surface area (Å²) >= 11 is 6.59. The van der Waals surface area contributed by atoms with Gasteiger partial charge in [0.25, 0.3) is 0 Å². The van der Waals surface area contributed by atoms with Gasteiger partial charge >= 0.3 is 0 Å². The highest BCUT2D eigenvalue weighted by Gasteiger charge is 2.05. The maximum atomic E-state index is 7.23. The minimum Gasteiger partial charge on any atom is -0.384 e. The first-order valence-electron chi connectivity index (χ1n) is 2.91. The molecular formula is C7H6Br2N2. The molecule has 0 aliphatic carbocycles. The van der Waals surface area contributed by atoms with Crippen molar-refractivity contribution in [3.05, 3.63) is 32.7 Å². The molecule has 0 atom stereocenters. The van der Waals surface area contributed by atoms with E-state index in [1.165, 1.54) is 0 Å². The fourth-order valence-electron chi connectivity index (χ4n) is 0.755. The Labute approximate surface area is 81.6 Å². The van der Waals surface area contributed by atoms with E-state index in [1.54, 1.807) is 0 Å². The Kier molecular flexibility index (Phi) is 2.67. The van der Waals surface area contributed by atoms with Gasteiger partial charge in [0.05, 0.1) is 0 Å². The number of amidine groups is 1. The Balaban J connectivity index is 3.32. The van der Waals surface area contributed by atoms with Gasteiger partial charge < -0.3 is 5.73 Å². The molecule has 0 spiro atoms. The molecule has 0 bridgehead atoms. The first-order chi connectivity index (χ1) is 5.13. The van der Waals surface area contributed by atoms with E-state index in [0.29, 0.717) is 5.56 Å². The predicted molar refractivity (Wildman–Crippen MR) is 52.9 cm³/mol. The molecule has 0 radical (unpaired) electrons. The summed E-state index contributed by atoms with van der Waals surface area (Å²) in [6, 6.07) is 5.57. The van der Waals surface area contributed by atoms with Gasteiger partial charge in [-0.15, -0.1) is 0 Å². The molecule has 11 heavy (non-hydrogen) atoms. The Morgan fingerprint density at radius 2 is 1.73 bits per heavy atom. The monoisotopic (exact) mass is 276 g/mol. The number of rotatable bonds is 1. The number of nitrogens with one attached hydrogen (secondary N) is 1. The highest BCUT2D eigenvalue weighted by atomic mass is 79.9. The quantitative estimate of drug-likeness (QED) is 0.601. The number of halogens is 2. The molecule has 0 aromatic heterocycles. The van der Waals surface area contributed by atoms with Gasteiger partial charge in [-0.1, -0.05) is 6.07 Å². The molecule has 0 unspecified atom stereocenters. The van der Waals surface area contributed by atoms with Crippen LogP contribution >= 0.6 is 31.9 Å². The second-order valence-electron chi connectivity index (χ2n) is 2.01. The second-order valence-corrected chi connectivity index (χ2v) is 3.72. The van der Waals surface area contributed by atoms with Crippen LogP contribution in [0.4, 0.5) is 0 Å². The third-order valence-corrected chi connectivity index (χ3v) is 2.55. The zero-order chi connectivity index (χ0) is 8.43. The Morgan fingerprint density at radius 3 is 2.00 bits per heavy atom. The summed E-state index contributed by atoms with van der Waals surface area (Å²) in [4.78, 5) is 0. The van der Waals surface area contributed by atoms with Crippen LogP contribution in [0.15, 0.2) is 27.1 Å². The minimum atomic E-state index is 0.0596. The maximum Gasteiger partial charge on any atom is 0.125 e. The lowest BCUT2D eigenvalue weighted by molar-refractivity contribution is 1.40. The van der Waals surface area contributed by atoms with Gasteiger partial charge in [0, 0.05) is 14.5 Å². The molecule has 0 aliphatic heterocycles. The van der Waals surface area contributed by atoms with E-state index in [1.807, 2.05) is 18.2 Å². The van der Waals surface area contributed by atoms with Crippen LogP contribution in [-0.2, 0) is 0 Å². The van der Waals surface area contributed by atoms with Gasteiger partial charge in [0.1, 0.15) is 5.84 Å². The highest BCUT2D eigenvalue weighted by Crippen LogP contribution is 2.24. The molecule has 0 amide bonds. The second kappa shape index (κ2) is 3.36. The minimum absolute atomic E-state index is 0.0596. The molecule has 0 saturated carbocycles. The Hall–Kier alpha value is -0.350. The first kappa shape index (κ1) is 8.74. The van der Waals surface area contributed by atoms with Crippen molar-refractivity contribution >= 4 is 37.7 Å². The van der Waals surface area contributed by atoms with Crippen LogP contribution in [0, 0.1) is 5.41 Å². The van der Waals surface area contributed by atoms with E-state index < -0.39 is 0 Å². The molecule has 0 saturated heterocycles. The van der Waals surface area contributed by atoms with E-state index in [4.69, 9.17) is 11.1 Å². The topological polar surface area (TPSA) is 49.9 Å². The molecule has 1 aromatic rings. The molecule has 0 aliphatic rings. The van der Waals surface area contributed by atoms with Crippen LogP contribution < -0.4 is 5.73 Å². The van der Waals surface area contributed by atoms with Crippen molar-refractivity contribution < 1.29 is 0 Å². The van der Waals surface area contributed by atoms with Gasteiger partial charge in [-0.3, -0.25) is 5.41 Å². The fraction of sp³-hybridized carbons (Fsp3) is 0. The van der Waals surface area contributed by atoms with E-state index in [-0.39, 0.29) is 5.84 Å². The van der Waals surface area contributed by atoms with Crippen LogP contribution in [0.3, 0.4) is 0 Å². The van der Waals surface area contributed by atoms with Gasteiger partial charge in [0.2, 0.25) is 0 Å². The van der Waals surface area contributed by atoms with Gasteiger partial charge in [0.15, 0.2) is 0 Å². The van der Waals surface area contributed by atoms with Crippen LogP contribution in [0.5, 0.6) is 0 Å². The molecule has 1 aromatic carbocycles. The standard InChI is InChI=1S/C7H6Br2N2/c8-4-2-1-3-5(9)6(4)7(10)11/h1-3H,(H3,10,11). The Morgan fingerprint density at radius 1 is 1.27 bits per heavy atom. The third-order valence-electron chi connectivity index (χ3n) is 1.23. The summed E-state index contributed by atoms with van der Waals surface area (Å²) in [6.07, 6.45) is 0. The molecule has 1 rings (SSSR count). The number of hydrogen-bond acceptors (Lipinski definition) is 1. The SMILES string of the molecule is N=C(N)c1c(Br)cccc1Br. The molecular weight excluding hydrogens is 272 g/mol. The van der Waals surface area contributed by atoms with Crippen molar-refractivity contribution in [3.63, 3.8) is 0 Å². The molecule has 3 N–H and O–H groups in total. The summed E-state index contributed by atoms with van der Waals surface area (Å²) in [5.74, 6) is 0.0596. The zero-order valence-electron chi connectivity index (χ0n) is 5.57. The molecule has 2 nitrogen and oxygen atoms in total. The number of benzene rings is 1. The summed E-state index contributed by atoms with van der Waals surface area (Å²) in [5, 5.41) is 7.23. The van der Waals surface area contributed by atoms with Gasteiger partial charge in [-0.2, -0.15) is 0 Å². The Bertz CT molecular complexity index is 276. The average molecular weight is 278 g/mol. The van der Waals surface area contributed by atoms with Crippen LogP contribution in [0.1, 0.15) is 5.56 Å². The summed E-state index contributed by atoms with van der Waals surface area (Å²) in [6.45, 7) is 0. The lowest BCUT2D eigenvalue weighted by Crippen LogP contribution is -2.12. The smallest absolute Gasteiger partial charge is 0.125 e. The van der Waals surface area contributed by atoms with Gasteiger partial charge in [-0.05, 0) is 44.0 Å². The highest BCUT2D eigenvalue weighted by molar-refractivity contribution is 9.11. The van der Waals surface area contributed by atoms with E-state index >= 15 is 0 Å². The van der Waals surface area contributed by atoms with Crippen LogP contribution in [0.25, 0.3) is 0 Å². The number of nitrogen functional groups attached to an aromatic ring is 1. The van der Waals surface area contributed by atoms with Crippen LogP contribution in [0.2, 0.25) is 0 Å². The van der Waals surface area contributed by atoms with E-state index in [9.17, 15) is 0 Å². The number of hydrogen-bond donors (Lipinski definition) is 2. The molecule has 4 heteroatoms. The lowest BCUT2D eigenvalue weighted by atomic mass is 10.2.